The number of carbonyl (C=O) groups is 1. The van der Waals surface area contributed by atoms with Crippen molar-refractivity contribution in [1.29, 1.82) is 0 Å². The number of aromatic nitrogens is 4. The predicted octanol–water partition coefficient (Wildman–Crippen LogP) is 3.81. The molecule has 2 N–H and O–H groups in total. The van der Waals surface area contributed by atoms with Crippen LogP contribution in [-0.4, -0.2) is 25.7 Å². The minimum absolute atomic E-state index is 0.0170. The molecule has 0 spiro atoms. The number of anilines is 3. The smallest absolute Gasteiger partial charge is 0.274 e. The molecule has 0 aliphatic rings. The van der Waals surface area contributed by atoms with Gasteiger partial charge in [-0.1, -0.05) is 16.8 Å². The highest BCUT2D eigenvalue weighted by Crippen LogP contribution is 2.26. The maximum atomic E-state index is 13.7. The van der Waals surface area contributed by atoms with E-state index in [0.29, 0.717) is 22.8 Å². The molecule has 8 nitrogen and oxygen atoms in total. The molecule has 1 amide bonds. The van der Waals surface area contributed by atoms with Crippen LogP contribution in [0.4, 0.5) is 21.6 Å². The van der Waals surface area contributed by atoms with E-state index in [1.807, 2.05) is 0 Å². The van der Waals surface area contributed by atoms with Crippen molar-refractivity contribution in [2.45, 2.75) is 6.92 Å². The van der Waals surface area contributed by atoms with Gasteiger partial charge in [0.1, 0.15) is 11.5 Å². The Morgan fingerprint density at radius 1 is 1.26 bits per heavy atom. The summed E-state index contributed by atoms with van der Waals surface area (Å²) in [6.07, 6.45) is 2.40. The Bertz CT molecular complexity index is 1160. The van der Waals surface area contributed by atoms with Crippen molar-refractivity contribution in [2.75, 3.05) is 10.6 Å². The maximum absolute atomic E-state index is 13.7. The lowest BCUT2D eigenvalue weighted by Gasteiger charge is -2.09. The van der Waals surface area contributed by atoms with E-state index >= 15 is 0 Å². The number of amides is 1. The minimum atomic E-state index is -0.638. The van der Waals surface area contributed by atoms with Crippen LogP contribution in [0.3, 0.4) is 0 Å². The molecule has 136 valence electrons. The lowest BCUT2D eigenvalue weighted by Crippen LogP contribution is -2.16. The third-order valence-corrected chi connectivity index (χ3v) is 3.92. The molecule has 0 fully saturated rings. The van der Waals surface area contributed by atoms with Crippen LogP contribution in [0.5, 0.6) is 0 Å². The van der Waals surface area contributed by atoms with E-state index < -0.39 is 11.7 Å². The molecule has 0 radical (unpaired) electrons. The molecule has 0 aromatic carbocycles. The standard InChI is InChI=1S/C17H12ClFN6O2/c1-9-6-16(24-27-9)21-12-7-15(18)23-25-13(12)2-3-14(25)17(26)22-11-4-5-20-8-10(11)19/h2-8H,1H3,(H,21,24)(H,20,22,26). The third-order valence-electron chi connectivity index (χ3n) is 3.73. The molecule has 0 aliphatic carbocycles. The zero-order chi connectivity index (χ0) is 19.0. The van der Waals surface area contributed by atoms with Gasteiger partial charge in [-0.25, -0.2) is 8.91 Å². The molecule has 0 aliphatic heterocycles. The number of hydrogen-bond acceptors (Lipinski definition) is 6. The van der Waals surface area contributed by atoms with Gasteiger partial charge in [-0.05, 0) is 25.1 Å². The summed E-state index contributed by atoms with van der Waals surface area (Å²) in [4.78, 5) is 16.2. The van der Waals surface area contributed by atoms with Crippen molar-refractivity contribution in [2.24, 2.45) is 0 Å². The summed E-state index contributed by atoms with van der Waals surface area (Å²) >= 11 is 6.10. The second-order valence-corrected chi connectivity index (χ2v) is 6.04. The fourth-order valence-corrected chi connectivity index (χ4v) is 2.74. The number of aryl methyl sites for hydroxylation is 1. The van der Waals surface area contributed by atoms with Crippen molar-refractivity contribution in [3.63, 3.8) is 0 Å². The average Bonchev–Trinajstić information content (AvgIpc) is 3.23. The van der Waals surface area contributed by atoms with E-state index in [2.05, 4.69) is 25.9 Å². The number of pyridine rings is 1. The van der Waals surface area contributed by atoms with E-state index in [9.17, 15) is 9.18 Å². The largest absolute Gasteiger partial charge is 0.360 e. The molecule has 4 rings (SSSR count). The number of fused-ring (bicyclic) bond motifs is 1. The number of hydrogen-bond donors (Lipinski definition) is 2. The van der Waals surface area contributed by atoms with Gasteiger partial charge in [0.15, 0.2) is 16.8 Å². The Labute approximate surface area is 156 Å². The first kappa shape index (κ1) is 17.0. The van der Waals surface area contributed by atoms with E-state index in [-0.39, 0.29) is 16.5 Å². The Balaban J connectivity index is 1.70. The van der Waals surface area contributed by atoms with Crippen LogP contribution in [0.2, 0.25) is 5.15 Å². The molecule has 0 bridgehead atoms. The molecule has 27 heavy (non-hydrogen) atoms. The topological polar surface area (TPSA) is 97.4 Å². The molecule has 4 heterocycles. The molecule has 0 unspecified atom stereocenters. The fraction of sp³-hybridized carbons (Fsp3) is 0.0588. The van der Waals surface area contributed by atoms with Gasteiger partial charge in [-0.3, -0.25) is 9.78 Å². The highest BCUT2D eigenvalue weighted by molar-refractivity contribution is 6.29. The SMILES string of the molecule is Cc1cc(Nc2cc(Cl)nn3c(C(=O)Nc4ccncc4F)ccc23)no1. The van der Waals surface area contributed by atoms with Crippen LogP contribution in [-0.2, 0) is 0 Å². The third kappa shape index (κ3) is 3.32. The highest BCUT2D eigenvalue weighted by Gasteiger charge is 2.17. The number of carbonyl (C=O) groups excluding carboxylic acids is 1. The fourth-order valence-electron chi connectivity index (χ4n) is 2.56. The lowest BCUT2D eigenvalue weighted by molar-refractivity contribution is 0.102. The summed E-state index contributed by atoms with van der Waals surface area (Å²) in [6, 6.07) is 7.94. The summed E-state index contributed by atoms with van der Waals surface area (Å²) in [5, 5.41) is 13.7. The predicted molar refractivity (Wildman–Crippen MR) is 96.9 cm³/mol. The molecule has 4 aromatic heterocycles. The van der Waals surface area contributed by atoms with Gasteiger partial charge in [-0.15, -0.1) is 0 Å². The first-order valence-corrected chi connectivity index (χ1v) is 8.18. The summed E-state index contributed by atoms with van der Waals surface area (Å²) in [7, 11) is 0. The zero-order valence-corrected chi connectivity index (χ0v) is 14.7. The van der Waals surface area contributed by atoms with Gasteiger partial charge < -0.3 is 15.2 Å². The number of nitrogens with zero attached hydrogens (tertiary/aromatic N) is 4. The van der Waals surface area contributed by atoms with Gasteiger partial charge in [0.25, 0.3) is 5.91 Å². The normalized spacial score (nSPS) is 10.9. The summed E-state index contributed by atoms with van der Waals surface area (Å²) in [6.45, 7) is 1.77. The van der Waals surface area contributed by atoms with Crippen LogP contribution in [0.1, 0.15) is 16.2 Å². The number of nitrogens with one attached hydrogen (secondary N) is 2. The average molecular weight is 387 g/mol. The number of halogens is 2. The van der Waals surface area contributed by atoms with Crippen LogP contribution < -0.4 is 10.6 Å². The first-order chi connectivity index (χ1) is 13.0. The van der Waals surface area contributed by atoms with Crippen LogP contribution in [0.25, 0.3) is 5.52 Å². The molecule has 10 heteroatoms. The van der Waals surface area contributed by atoms with Crippen LogP contribution >= 0.6 is 11.6 Å². The van der Waals surface area contributed by atoms with Crippen molar-refractivity contribution < 1.29 is 13.7 Å². The van der Waals surface area contributed by atoms with Gasteiger partial charge in [0.2, 0.25) is 0 Å². The van der Waals surface area contributed by atoms with Crippen molar-refractivity contribution >= 4 is 40.2 Å². The number of rotatable bonds is 4. The summed E-state index contributed by atoms with van der Waals surface area (Å²) in [5.41, 5.74) is 1.37. The van der Waals surface area contributed by atoms with E-state index in [1.54, 1.807) is 31.2 Å². The lowest BCUT2D eigenvalue weighted by atomic mass is 10.3. The molecular formula is C17H12ClFN6O2. The first-order valence-electron chi connectivity index (χ1n) is 7.81. The monoisotopic (exact) mass is 386 g/mol. The van der Waals surface area contributed by atoms with Gasteiger partial charge >= 0.3 is 0 Å². The molecule has 0 saturated carbocycles. The van der Waals surface area contributed by atoms with Gasteiger partial charge in [0.05, 0.1) is 23.1 Å². The molecule has 4 aromatic rings. The minimum Gasteiger partial charge on any atom is -0.360 e. The Hall–Kier alpha value is -3.46. The second-order valence-electron chi connectivity index (χ2n) is 5.65. The summed E-state index contributed by atoms with van der Waals surface area (Å²) < 4.78 is 20.1. The molecular weight excluding hydrogens is 375 g/mol. The zero-order valence-electron chi connectivity index (χ0n) is 13.9. The van der Waals surface area contributed by atoms with Crippen molar-refractivity contribution in [3.05, 3.63) is 65.2 Å². The molecule has 0 saturated heterocycles. The van der Waals surface area contributed by atoms with Crippen molar-refractivity contribution in [3.8, 4) is 0 Å². The maximum Gasteiger partial charge on any atom is 0.274 e. The molecule has 0 atom stereocenters. The quantitative estimate of drug-likeness (QED) is 0.553. The van der Waals surface area contributed by atoms with Gasteiger partial charge in [-0.2, -0.15) is 5.10 Å². The van der Waals surface area contributed by atoms with E-state index in [1.165, 1.54) is 16.8 Å². The van der Waals surface area contributed by atoms with E-state index in [0.717, 1.165) is 6.20 Å². The Morgan fingerprint density at radius 2 is 2.11 bits per heavy atom. The van der Waals surface area contributed by atoms with Crippen LogP contribution in [0.15, 0.2) is 47.2 Å². The summed E-state index contributed by atoms with van der Waals surface area (Å²) in [5.74, 6) is -0.0502. The Kier molecular flexibility index (Phi) is 4.21. The van der Waals surface area contributed by atoms with Gasteiger partial charge in [0, 0.05) is 18.3 Å². The van der Waals surface area contributed by atoms with Crippen LogP contribution in [0, 0.1) is 12.7 Å². The Morgan fingerprint density at radius 3 is 2.85 bits per heavy atom. The van der Waals surface area contributed by atoms with E-state index in [4.69, 9.17) is 16.1 Å². The second kappa shape index (κ2) is 6.69. The van der Waals surface area contributed by atoms with Crippen molar-refractivity contribution in [1.82, 2.24) is 19.8 Å². The highest BCUT2D eigenvalue weighted by atomic mass is 35.5.